The quantitative estimate of drug-likeness (QED) is 0.896. The number of phenols is 1. The van der Waals surface area contributed by atoms with Gasteiger partial charge >= 0.3 is 0 Å². The summed E-state index contributed by atoms with van der Waals surface area (Å²) in [6.07, 6.45) is 6.28. The second kappa shape index (κ2) is 5.59. The zero-order valence-electron chi connectivity index (χ0n) is 15.1. The zero-order chi connectivity index (χ0) is 17.1. The summed E-state index contributed by atoms with van der Waals surface area (Å²) in [5, 5.41) is 10.4. The van der Waals surface area contributed by atoms with Gasteiger partial charge in [-0.2, -0.15) is 0 Å². The van der Waals surface area contributed by atoms with Gasteiger partial charge in [0, 0.05) is 23.9 Å². The van der Waals surface area contributed by atoms with E-state index in [1.165, 1.54) is 17.5 Å². The highest BCUT2D eigenvalue weighted by atomic mass is 16.3. The molecule has 3 nitrogen and oxygen atoms in total. The van der Waals surface area contributed by atoms with Crippen molar-refractivity contribution in [1.29, 1.82) is 0 Å². The van der Waals surface area contributed by atoms with Gasteiger partial charge in [-0.15, -0.1) is 0 Å². The van der Waals surface area contributed by atoms with Gasteiger partial charge in [0.25, 0.3) is 0 Å². The number of benzene rings is 1. The predicted molar refractivity (Wildman–Crippen MR) is 95.1 cm³/mol. The van der Waals surface area contributed by atoms with Gasteiger partial charge < -0.3 is 10.0 Å². The Balaban J connectivity index is 1.70. The number of ketones is 1. The summed E-state index contributed by atoms with van der Waals surface area (Å²) in [4.78, 5) is 14.5. The van der Waals surface area contributed by atoms with E-state index in [2.05, 4.69) is 17.9 Å². The van der Waals surface area contributed by atoms with Gasteiger partial charge in [-0.05, 0) is 81.1 Å². The number of aromatic hydroxyl groups is 1. The number of phenolic OH excluding ortho intramolecular Hbond substituents is 1. The Kier molecular flexibility index (Phi) is 3.76. The lowest BCUT2D eigenvalue weighted by atomic mass is 9.55. The van der Waals surface area contributed by atoms with Gasteiger partial charge in [-0.25, -0.2) is 0 Å². The average Bonchev–Trinajstić information content (AvgIpc) is 2.83. The van der Waals surface area contributed by atoms with E-state index in [0.717, 1.165) is 44.2 Å². The molecule has 1 N–H and O–H groups in total. The molecule has 130 valence electrons. The highest BCUT2D eigenvalue weighted by molar-refractivity contribution is 5.87. The first-order valence-corrected chi connectivity index (χ1v) is 9.43. The van der Waals surface area contributed by atoms with Crippen molar-refractivity contribution in [3.63, 3.8) is 0 Å². The maximum Gasteiger partial charge on any atom is 0.139 e. The molecular formula is C21H29NO2. The Morgan fingerprint density at radius 2 is 2.00 bits per heavy atom. The van der Waals surface area contributed by atoms with E-state index in [-0.39, 0.29) is 5.41 Å². The summed E-state index contributed by atoms with van der Waals surface area (Å²) in [7, 11) is 4.08. The third-order valence-corrected chi connectivity index (χ3v) is 7.12. The lowest BCUT2D eigenvalue weighted by Crippen LogP contribution is -2.42. The van der Waals surface area contributed by atoms with Crippen LogP contribution >= 0.6 is 0 Å². The SMILES string of the molecule is CN(C)Cc1cc2c(cc1O)CC[C@H]1[C@@H]2CC[C@@]2(C)C(=O)CC[C@@H]12. The standard InChI is InChI=1S/C21H29NO2/c1-21-9-8-15-16(18(21)6-7-20(21)24)5-4-13-11-19(23)14(10-17(13)15)12-22(2)3/h10-11,15-16,18,23H,4-9,12H2,1-3H3/t15-,16-,18-,21+/m0/s1. The number of aryl methyl sites for hydroxylation is 1. The van der Waals surface area contributed by atoms with E-state index >= 15 is 0 Å². The Bertz CT molecular complexity index is 681. The maximum absolute atomic E-state index is 12.4. The molecule has 0 saturated heterocycles. The van der Waals surface area contributed by atoms with Gasteiger partial charge in [0.1, 0.15) is 11.5 Å². The Morgan fingerprint density at radius 1 is 1.21 bits per heavy atom. The highest BCUT2D eigenvalue weighted by Crippen LogP contribution is 2.59. The summed E-state index contributed by atoms with van der Waals surface area (Å²) in [5.41, 5.74) is 3.78. The number of rotatable bonds is 2. The summed E-state index contributed by atoms with van der Waals surface area (Å²) in [6.45, 7) is 3.00. The molecule has 0 radical (unpaired) electrons. The largest absolute Gasteiger partial charge is 0.508 e. The van der Waals surface area contributed by atoms with Gasteiger partial charge in [-0.1, -0.05) is 13.0 Å². The molecule has 3 heteroatoms. The van der Waals surface area contributed by atoms with Gasteiger partial charge in [0.2, 0.25) is 0 Å². The lowest BCUT2D eigenvalue weighted by Gasteiger charge is -2.48. The molecule has 0 aromatic heterocycles. The van der Waals surface area contributed by atoms with E-state index in [1.54, 1.807) is 0 Å². The molecule has 0 amide bonds. The molecule has 1 aromatic rings. The van der Waals surface area contributed by atoms with Crippen LogP contribution in [0.15, 0.2) is 12.1 Å². The molecule has 0 aliphatic heterocycles. The molecule has 3 aliphatic rings. The maximum atomic E-state index is 12.4. The first-order valence-electron chi connectivity index (χ1n) is 9.43. The number of carbonyl (C=O) groups is 1. The van der Waals surface area contributed by atoms with E-state index in [1.807, 2.05) is 20.2 Å². The van der Waals surface area contributed by atoms with Crippen molar-refractivity contribution >= 4 is 5.78 Å². The Labute approximate surface area is 145 Å². The molecule has 2 fully saturated rings. The van der Waals surface area contributed by atoms with Crippen LogP contribution in [0.4, 0.5) is 0 Å². The van der Waals surface area contributed by atoms with Crippen LogP contribution in [-0.4, -0.2) is 29.9 Å². The highest BCUT2D eigenvalue weighted by Gasteiger charge is 2.54. The predicted octanol–water partition coefficient (Wildman–Crippen LogP) is 3.88. The van der Waals surface area contributed by atoms with Gasteiger partial charge in [-0.3, -0.25) is 4.79 Å². The topological polar surface area (TPSA) is 40.5 Å². The van der Waals surface area contributed by atoms with Crippen molar-refractivity contribution in [3.05, 3.63) is 28.8 Å². The van der Waals surface area contributed by atoms with E-state index in [9.17, 15) is 9.90 Å². The minimum Gasteiger partial charge on any atom is -0.508 e. The number of hydrogen-bond donors (Lipinski definition) is 1. The van der Waals surface area contributed by atoms with Crippen molar-refractivity contribution in [2.45, 2.75) is 57.9 Å². The van der Waals surface area contributed by atoms with Crippen molar-refractivity contribution in [2.75, 3.05) is 14.1 Å². The molecule has 0 heterocycles. The van der Waals surface area contributed by atoms with E-state index in [4.69, 9.17) is 0 Å². The summed E-state index contributed by atoms with van der Waals surface area (Å²) in [5.74, 6) is 2.76. The molecule has 3 aliphatic carbocycles. The van der Waals surface area contributed by atoms with E-state index < -0.39 is 0 Å². The molecular weight excluding hydrogens is 298 g/mol. The Morgan fingerprint density at radius 3 is 2.75 bits per heavy atom. The number of hydrogen-bond acceptors (Lipinski definition) is 3. The minimum absolute atomic E-state index is 0.0535. The minimum atomic E-state index is -0.0535. The van der Waals surface area contributed by atoms with Gasteiger partial charge in [0.05, 0.1) is 0 Å². The second-order valence-electron chi connectivity index (χ2n) is 8.75. The fourth-order valence-corrected chi connectivity index (χ4v) is 5.89. The molecule has 4 atom stereocenters. The summed E-state index contributed by atoms with van der Waals surface area (Å²) < 4.78 is 0. The number of Topliss-reactive ketones (excluding diaryl/α,β-unsaturated/α-hetero) is 1. The van der Waals surface area contributed by atoms with Crippen LogP contribution in [0.1, 0.15) is 61.6 Å². The number of carbonyl (C=O) groups excluding carboxylic acids is 1. The number of nitrogens with zero attached hydrogens (tertiary/aromatic N) is 1. The molecule has 4 rings (SSSR count). The van der Waals surface area contributed by atoms with Crippen LogP contribution in [0.2, 0.25) is 0 Å². The molecule has 1 aromatic carbocycles. The first kappa shape index (κ1) is 16.1. The van der Waals surface area contributed by atoms with Crippen LogP contribution in [-0.2, 0) is 17.8 Å². The lowest BCUT2D eigenvalue weighted by molar-refractivity contribution is -0.129. The van der Waals surface area contributed by atoms with Crippen molar-refractivity contribution in [2.24, 2.45) is 17.3 Å². The molecule has 0 spiro atoms. The van der Waals surface area contributed by atoms with E-state index in [0.29, 0.717) is 29.3 Å². The molecule has 2 saturated carbocycles. The van der Waals surface area contributed by atoms with Crippen LogP contribution in [0.5, 0.6) is 5.75 Å². The van der Waals surface area contributed by atoms with Crippen LogP contribution in [0.3, 0.4) is 0 Å². The zero-order valence-corrected chi connectivity index (χ0v) is 15.1. The Hall–Kier alpha value is -1.35. The first-order chi connectivity index (χ1) is 11.4. The summed E-state index contributed by atoms with van der Waals surface area (Å²) >= 11 is 0. The van der Waals surface area contributed by atoms with Crippen molar-refractivity contribution < 1.29 is 9.90 Å². The smallest absolute Gasteiger partial charge is 0.139 e. The van der Waals surface area contributed by atoms with Crippen LogP contribution < -0.4 is 0 Å². The molecule has 0 unspecified atom stereocenters. The molecule has 24 heavy (non-hydrogen) atoms. The number of fused-ring (bicyclic) bond motifs is 5. The summed E-state index contributed by atoms with van der Waals surface area (Å²) in [6, 6.07) is 4.28. The normalized spacial score (nSPS) is 34.8. The van der Waals surface area contributed by atoms with Crippen molar-refractivity contribution in [1.82, 2.24) is 4.90 Å². The van der Waals surface area contributed by atoms with Crippen LogP contribution in [0, 0.1) is 17.3 Å². The van der Waals surface area contributed by atoms with Gasteiger partial charge in [0.15, 0.2) is 0 Å². The third-order valence-electron chi connectivity index (χ3n) is 7.12. The fourth-order valence-electron chi connectivity index (χ4n) is 5.89. The van der Waals surface area contributed by atoms with Crippen LogP contribution in [0.25, 0.3) is 0 Å². The molecule has 0 bridgehead atoms. The monoisotopic (exact) mass is 327 g/mol. The fraction of sp³-hybridized carbons (Fsp3) is 0.667. The second-order valence-corrected chi connectivity index (χ2v) is 8.75. The average molecular weight is 327 g/mol. The van der Waals surface area contributed by atoms with Crippen molar-refractivity contribution in [3.8, 4) is 5.75 Å². The third kappa shape index (κ3) is 2.32.